The van der Waals surface area contributed by atoms with Gasteiger partial charge in [-0.05, 0) is 39.5 Å². The fourth-order valence-corrected chi connectivity index (χ4v) is 3.64. The molecular formula is C21H29N7O5. The van der Waals surface area contributed by atoms with E-state index >= 15 is 0 Å². The highest BCUT2D eigenvalue weighted by Gasteiger charge is 2.32. The van der Waals surface area contributed by atoms with Crippen LogP contribution in [0.3, 0.4) is 0 Å². The molecule has 0 saturated heterocycles. The summed E-state index contributed by atoms with van der Waals surface area (Å²) in [4.78, 5) is 42.5. The number of nitrogens with zero attached hydrogens (tertiary/aromatic N) is 5. The Bertz CT molecular complexity index is 939. The van der Waals surface area contributed by atoms with Gasteiger partial charge in [0, 0.05) is 36.6 Å². The van der Waals surface area contributed by atoms with Crippen LogP contribution < -0.4 is 20.3 Å². The van der Waals surface area contributed by atoms with Gasteiger partial charge in [0.2, 0.25) is 0 Å². The van der Waals surface area contributed by atoms with Gasteiger partial charge in [-0.25, -0.2) is 24.5 Å². The first-order chi connectivity index (χ1) is 15.7. The zero-order valence-electron chi connectivity index (χ0n) is 18.9. The maximum absolute atomic E-state index is 13.1. The summed E-state index contributed by atoms with van der Waals surface area (Å²) in [6.45, 7) is 3.27. The maximum Gasteiger partial charge on any atom is 0.404 e. The second-order valence-corrected chi connectivity index (χ2v) is 8.51. The summed E-state index contributed by atoms with van der Waals surface area (Å²) in [5.74, 6) is 0.357. The third-order valence-corrected chi connectivity index (χ3v) is 5.27. The van der Waals surface area contributed by atoms with Crippen LogP contribution in [0.15, 0.2) is 24.8 Å². The molecule has 0 bridgehead atoms. The lowest BCUT2D eigenvalue weighted by molar-refractivity contribution is 0.0821. The normalized spacial score (nSPS) is 18.3. The van der Waals surface area contributed by atoms with Crippen molar-refractivity contribution >= 4 is 17.9 Å². The quantitative estimate of drug-likeness (QED) is 0.483. The Morgan fingerprint density at radius 3 is 2.27 bits per heavy atom. The minimum Gasteiger partial charge on any atom is -0.467 e. The van der Waals surface area contributed by atoms with Gasteiger partial charge in [0.05, 0.1) is 30.8 Å². The fraction of sp³-hybridized carbons (Fsp3) is 0.524. The summed E-state index contributed by atoms with van der Waals surface area (Å²) in [6, 6.07) is -0.501. The van der Waals surface area contributed by atoms with Gasteiger partial charge in [-0.2, -0.15) is 0 Å². The number of methoxy groups -OCH3 is 1. The van der Waals surface area contributed by atoms with E-state index in [1.807, 2.05) is 0 Å². The molecule has 1 fully saturated rings. The number of anilines is 1. The van der Waals surface area contributed by atoms with Crippen molar-refractivity contribution in [3.8, 4) is 17.3 Å². The molecule has 0 atom stereocenters. The molecule has 2 heterocycles. The molecule has 12 nitrogen and oxygen atoms in total. The minimum absolute atomic E-state index is 0.0624. The molecule has 0 aliphatic heterocycles. The first-order valence-corrected chi connectivity index (χ1v) is 10.6. The summed E-state index contributed by atoms with van der Waals surface area (Å²) in [5, 5.41) is 24.2. The number of carbonyl (C=O) groups is 2. The van der Waals surface area contributed by atoms with E-state index in [4.69, 9.17) is 9.84 Å². The van der Waals surface area contributed by atoms with E-state index in [1.165, 1.54) is 24.4 Å². The van der Waals surface area contributed by atoms with Gasteiger partial charge in [-0.15, -0.1) is 0 Å². The lowest BCUT2D eigenvalue weighted by Gasteiger charge is -2.36. The number of aromatic nitrogens is 4. The molecule has 0 spiro atoms. The van der Waals surface area contributed by atoms with Gasteiger partial charge in [0.15, 0.2) is 5.82 Å². The molecule has 2 aromatic rings. The van der Waals surface area contributed by atoms with Crippen molar-refractivity contribution in [3.63, 3.8) is 0 Å². The minimum atomic E-state index is -1.08. The van der Waals surface area contributed by atoms with Crippen molar-refractivity contribution in [2.24, 2.45) is 0 Å². The number of hydrogen-bond acceptors (Lipinski definition) is 8. The Kier molecular flexibility index (Phi) is 7.59. The van der Waals surface area contributed by atoms with Crippen molar-refractivity contribution in [2.45, 2.75) is 57.2 Å². The smallest absolute Gasteiger partial charge is 0.404 e. The Hall–Kier alpha value is -3.54. The van der Waals surface area contributed by atoms with Crippen LogP contribution in [0.5, 0.6) is 6.01 Å². The molecule has 4 N–H and O–H groups in total. The molecule has 33 heavy (non-hydrogen) atoms. The highest BCUT2D eigenvalue weighted by molar-refractivity contribution is 5.91. The fourth-order valence-electron chi connectivity index (χ4n) is 3.64. The Balaban J connectivity index is 1.79. The van der Waals surface area contributed by atoms with E-state index in [1.54, 1.807) is 26.2 Å². The molecule has 0 radical (unpaired) electrons. The topological polar surface area (TPSA) is 163 Å². The average Bonchev–Trinajstić information content (AvgIpc) is 2.79. The van der Waals surface area contributed by atoms with Gasteiger partial charge in [-0.1, -0.05) is 0 Å². The zero-order chi connectivity index (χ0) is 24.0. The third-order valence-electron chi connectivity index (χ3n) is 5.27. The number of aliphatic hydroxyl groups is 1. The Morgan fingerprint density at radius 1 is 1.09 bits per heavy atom. The van der Waals surface area contributed by atoms with Crippen molar-refractivity contribution < 1.29 is 24.5 Å². The Labute approximate surface area is 191 Å². The lowest BCUT2D eigenvalue weighted by Crippen LogP contribution is -2.52. The van der Waals surface area contributed by atoms with E-state index in [2.05, 4.69) is 30.6 Å². The van der Waals surface area contributed by atoms with Crippen LogP contribution in [0.4, 0.5) is 15.4 Å². The SMILES string of the molecule is COc1ncc(-c2cnc(N(C(=O)NCC(C)(C)O)C3CCC(NC(=O)O)CC3)cn2)cn1. The predicted molar refractivity (Wildman–Crippen MR) is 119 cm³/mol. The number of ether oxygens (including phenoxy) is 1. The van der Waals surface area contributed by atoms with E-state index in [9.17, 15) is 14.7 Å². The second kappa shape index (κ2) is 10.4. The van der Waals surface area contributed by atoms with Crippen LogP contribution in [0.1, 0.15) is 39.5 Å². The average molecular weight is 460 g/mol. The van der Waals surface area contributed by atoms with Crippen LogP contribution in [-0.4, -0.2) is 73.6 Å². The first-order valence-electron chi connectivity index (χ1n) is 10.6. The molecule has 2 aromatic heterocycles. The number of carbonyl (C=O) groups excluding carboxylic acids is 1. The first kappa shape index (κ1) is 24.1. The summed E-state index contributed by atoms with van der Waals surface area (Å²) >= 11 is 0. The highest BCUT2D eigenvalue weighted by atomic mass is 16.5. The highest BCUT2D eigenvalue weighted by Crippen LogP contribution is 2.27. The van der Waals surface area contributed by atoms with Gasteiger partial charge >= 0.3 is 18.1 Å². The molecule has 1 saturated carbocycles. The molecule has 0 unspecified atom stereocenters. The maximum atomic E-state index is 13.1. The van der Waals surface area contributed by atoms with Crippen molar-refractivity contribution in [1.29, 1.82) is 0 Å². The molecule has 0 aromatic carbocycles. The van der Waals surface area contributed by atoms with Crippen molar-refractivity contribution in [1.82, 2.24) is 30.6 Å². The standard InChI is InChI=1S/C21H29N7O5/c1-21(2,32)12-26-19(29)28(15-6-4-14(5-7-15)27-20(30)31)17-11-22-16(10-23-17)13-8-24-18(33-3)25-9-13/h8-11,14-15,27,32H,4-7,12H2,1-3H3,(H,26,29)(H,30,31). The van der Waals surface area contributed by atoms with Gasteiger partial charge in [0.1, 0.15) is 0 Å². The largest absolute Gasteiger partial charge is 0.467 e. The zero-order valence-corrected chi connectivity index (χ0v) is 18.9. The van der Waals surface area contributed by atoms with E-state index in [0.29, 0.717) is 42.8 Å². The van der Waals surface area contributed by atoms with E-state index in [0.717, 1.165) is 0 Å². The van der Waals surface area contributed by atoms with Gasteiger partial charge in [0.25, 0.3) is 0 Å². The second-order valence-electron chi connectivity index (χ2n) is 8.51. The molecule has 3 rings (SSSR count). The van der Waals surface area contributed by atoms with Gasteiger partial charge < -0.3 is 25.6 Å². The number of urea groups is 1. The number of hydrogen-bond donors (Lipinski definition) is 4. The summed E-state index contributed by atoms with van der Waals surface area (Å²) in [7, 11) is 1.48. The third kappa shape index (κ3) is 6.72. The summed E-state index contributed by atoms with van der Waals surface area (Å²) in [5.41, 5.74) is 0.106. The number of nitrogens with one attached hydrogen (secondary N) is 2. The van der Waals surface area contributed by atoms with Crippen LogP contribution in [-0.2, 0) is 0 Å². The Morgan fingerprint density at radius 2 is 1.76 bits per heavy atom. The number of rotatable bonds is 7. The molecule has 1 aliphatic rings. The molecule has 3 amide bonds. The van der Waals surface area contributed by atoms with E-state index < -0.39 is 17.7 Å². The molecule has 178 valence electrons. The van der Waals surface area contributed by atoms with Gasteiger partial charge in [-0.3, -0.25) is 9.88 Å². The summed E-state index contributed by atoms with van der Waals surface area (Å²) < 4.78 is 4.96. The van der Waals surface area contributed by atoms with Crippen LogP contribution >= 0.6 is 0 Å². The lowest BCUT2D eigenvalue weighted by atomic mass is 9.90. The van der Waals surface area contributed by atoms with Crippen LogP contribution in [0, 0.1) is 0 Å². The monoisotopic (exact) mass is 459 g/mol. The van der Waals surface area contributed by atoms with Crippen molar-refractivity contribution in [3.05, 3.63) is 24.8 Å². The molecule has 1 aliphatic carbocycles. The number of carboxylic acid groups (broad SMARTS) is 1. The van der Waals surface area contributed by atoms with Crippen LogP contribution in [0.2, 0.25) is 0 Å². The summed E-state index contributed by atoms with van der Waals surface area (Å²) in [6.07, 6.45) is 7.51. The molecular weight excluding hydrogens is 430 g/mol. The number of amides is 3. The molecule has 12 heteroatoms. The van der Waals surface area contributed by atoms with E-state index in [-0.39, 0.29) is 24.6 Å². The van der Waals surface area contributed by atoms with Crippen LogP contribution in [0.25, 0.3) is 11.3 Å². The predicted octanol–water partition coefficient (Wildman–Crippen LogP) is 1.81. The van der Waals surface area contributed by atoms with Crippen molar-refractivity contribution in [2.75, 3.05) is 18.6 Å².